The summed E-state index contributed by atoms with van der Waals surface area (Å²) in [4.78, 5) is 40.2. The van der Waals surface area contributed by atoms with Gasteiger partial charge in [-0.15, -0.1) is 0 Å². The Bertz CT molecular complexity index is 1240. The van der Waals surface area contributed by atoms with Gasteiger partial charge in [0, 0.05) is 0 Å². The van der Waals surface area contributed by atoms with E-state index >= 15 is 0 Å². The molecule has 184 valence electrons. The molecule has 3 heterocycles. The fourth-order valence-corrected chi connectivity index (χ4v) is 5.77. The molecule has 0 aliphatic carbocycles. The number of anilines is 1. The average molecular weight is 533 g/mol. The number of rotatable bonds is 9. The van der Waals surface area contributed by atoms with E-state index in [0.717, 1.165) is 5.56 Å². The number of ether oxygens (including phenoxy) is 2. The molecule has 1 saturated heterocycles. The molecule has 0 amide bonds. The summed E-state index contributed by atoms with van der Waals surface area (Å²) in [6.07, 6.45) is -1.84. The standard InChI is InChI=1S/C17H21N5O9P2S/c18-15-12-16(20-8-19-15)22(9-21-12)17-14(28-6-10-4-2-1-3-5-10)13(23)11(30-17)7-29-32(24,25)31-33(26,27)34/h1-5,8-9,11,13-14,17,23H,6-7H2,(H,24,25)(H2,18,19,20)(H2,26,27,34)/t11-,13-,14-,17-/m1/s1. The van der Waals surface area contributed by atoms with Crippen LogP contribution in [0.5, 0.6) is 0 Å². The lowest BCUT2D eigenvalue weighted by atomic mass is 10.1. The summed E-state index contributed by atoms with van der Waals surface area (Å²) in [6, 6.07) is 9.20. The Balaban J connectivity index is 1.57. The van der Waals surface area contributed by atoms with Crippen molar-refractivity contribution in [2.75, 3.05) is 12.3 Å². The largest absolute Gasteiger partial charge is 0.479 e. The number of benzene rings is 1. The van der Waals surface area contributed by atoms with Crippen molar-refractivity contribution in [2.24, 2.45) is 0 Å². The zero-order valence-corrected chi connectivity index (χ0v) is 19.9. The normalized spacial score (nSPS) is 24.9. The summed E-state index contributed by atoms with van der Waals surface area (Å²) in [5, 5.41) is 10.9. The Morgan fingerprint density at radius 1 is 1.18 bits per heavy atom. The van der Waals surface area contributed by atoms with Crippen LogP contribution in [0.25, 0.3) is 11.2 Å². The lowest BCUT2D eigenvalue weighted by Crippen LogP contribution is -2.35. The molecule has 2 aromatic heterocycles. The summed E-state index contributed by atoms with van der Waals surface area (Å²) in [7, 11) is -4.94. The Labute approximate surface area is 197 Å². The van der Waals surface area contributed by atoms with Gasteiger partial charge in [0.15, 0.2) is 17.7 Å². The monoisotopic (exact) mass is 533 g/mol. The predicted octanol–water partition coefficient (Wildman–Crippen LogP) is 0.595. The molecule has 6 N–H and O–H groups in total. The second-order valence-corrected chi connectivity index (χ2v) is 11.5. The molecule has 0 bridgehead atoms. The predicted molar refractivity (Wildman–Crippen MR) is 120 cm³/mol. The minimum absolute atomic E-state index is 0.124. The van der Waals surface area contributed by atoms with Crippen molar-refractivity contribution in [1.82, 2.24) is 19.5 Å². The van der Waals surface area contributed by atoms with Crippen LogP contribution in [0.1, 0.15) is 11.8 Å². The Hall–Kier alpha value is -1.87. The average Bonchev–Trinajstić information content (AvgIpc) is 3.32. The minimum Gasteiger partial charge on any atom is -0.387 e. The number of aromatic nitrogens is 4. The molecule has 14 nitrogen and oxygen atoms in total. The van der Waals surface area contributed by atoms with Gasteiger partial charge in [-0.05, 0) is 17.4 Å². The molecular weight excluding hydrogens is 512 g/mol. The van der Waals surface area contributed by atoms with Crippen molar-refractivity contribution in [3.05, 3.63) is 48.5 Å². The maximum atomic E-state index is 11.9. The highest BCUT2D eigenvalue weighted by Gasteiger charge is 2.47. The van der Waals surface area contributed by atoms with E-state index in [1.54, 1.807) is 0 Å². The van der Waals surface area contributed by atoms with E-state index in [9.17, 15) is 14.6 Å². The van der Waals surface area contributed by atoms with Gasteiger partial charge in [-0.3, -0.25) is 9.09 Å². The number of nitrogens with zero attached hydrogens (tertiary/aromatic N) is 4. The van der Waals surface area contributed by atoms with E-state index < -0.39 is 45.7 Å². The van der Waals surface area contributed by atoms with E-state index in [4.69, 9.17) is 29.5 Å². The van der Waals surface area contributed by atoms with Crippen molar-refractivity contribution in [2.45, 2.75) is 31.1 Å². The zero-order valence-electron chi connectivity index (χ0n) is 17.3. The lowest BCUT2D eigenvalue weighted by Gasteiger charge is -2.22. The van der Waals surface area contributed by atoms with Crippen molar-refractivity contribution in [1.29, 1.82) is 0 Å². The van der Waals surface area contributed by atoms with Crippen LogP contribution >= 0.6 is 14.5 Å². The topological polar surface area (TPSA) is 205 Å². The number of imidazole rings is 1. The van der Waals surface area contributed by atoms with Crippen molar-refractivity contribution in [3.8, 4) is 0 Å². The highest BCUT2D eigenvalue weighted by atomic mass is 32.5. The van der Waals surface area contributed by atoms with Gasteiger partial charge in [-0.2, -0.15) is 0 Å². The van der Waals surface area contributed by atoms with E-state index in [1.165, 1.54) is 17.2 Å². The first-order valence-electron chi connectivity index (χ1n) is 9.70. The molecule has 0 spiro atoms. The molecule has 4 rings (SSSR count). The van der Waals surface area contributed by atoms with Crippen molar-refractivity contribution < 1.29 is 42.7 Å². The highest BCUT2D eigenvalue weighted by molar-refractivity contribution is 8.08. The van der Waals surface area contributed by atoms with E-state index in [0.29, 0.717) is 11.2 Å². The molecule has 1 aliphatic rings. The molecule has 1 aromatic carbocycles. The molecule has 1 fully saturated rings. The maximum Gasteiger partial charge on any atom is 0.479 e. The van der Waals surface area contributed by atoms with Crippen LogP contribution in [-0.2, 0) is 41.3 Å². The van der Waals surface area contributed by atoms with E-state index in [2.05, 4.69) is 31.1 Å². The van der Waals surface area contributed by atoms with Gasteiger partial charge in [-0.25, -0.2) is 23.8 Å². The molecule has 34 heavy (non-hydrogen) atoms. The van der Waals surface area contributed by atoms with Crippen LogP contribution in [0.2, 0.25) is 0 Å². The van der Waals surface area contributed by atoms with Gasteiger partial charge in [0.1, 0.15) is 30.2 Å². The first-order chi connectivity index (χ1) is 16.0. The molecule has 5 atom stereocenters. The number of aliphatic hydroxyl groups is 1. The number of hydrogen-bond donors (Lipinski definition) is 5. The molecular formula is C17H21N5O9P2S. The van der Waals surface area contributed by atoms with Crippen LogP contribution < -0.4 is 5.73 Å². The van der Waals surface area contributed by atoms with Gasteiger partial charge in [-0.1, -0.05) is 30.3 Å². The number of hydrogen-bond acceptors (Lipinski definition) is 11. The number of phosphoric acid groups is 1. The summed E-state index contributed by atoms with van der Waals surface area (Å²) in [5.41, 5.74) is 7.31. The summed E-state index contributed by atoms with van der Waals surface area (Å²) < 4.78 is 34.2. The first kappa shape index (κ1) is 25.2. The maximum absolute atomic E-state index is 11.9. The van der Waals surface area contributed by atoms with E-state index in [-0.39, 0.29) is 12.4 Å². The van der Waals surface area contributed by atoms with Crippen LogP contribution in [0.4, 0.5) is 5.82 Å². The van der Waals surface area contributed by atoms with Gasteiger partial charge in [0.25, 0.3) is 0 Å². The second-order valence-electron chi connectivity index (χ2n) is 7.24. The summed E-state index contributed by atoms with van der Waals surface area (Å²) in [5.74, 6) is 0.144. The highest BCUT2D eigenvalue weighted by Crippen LogP contribution is 2.58. The number of nitrogen functional groups attached to an aromatic ring is 1. The van der Waals surface area contributed by atoms with Gasteiger partial charge < -0.3 is 35.0 Å². The molecule has 1 unspecified atom stereocenters. The fourth-order valence-electron chi connectivity index (χ4n) is 3.41. The zero-order chi connectivity index (χ0) is 24.5. The third kappa shape index (κ3) is 5.85. The molecule has 3 aromatic rings. The first-order valence-corrected chi connectivity index (χ1v) is 13.8. The van der Waals surface area contributed by atoms with Crippen molar-refractivity contribution in [3.63, 3.8) is 0 Å². The lowest BCUT2D eigenvalue weighted by molar-refractivity contribution is -0.0758. The summed E-state index contributed by atoms with van der Waals surface area (Å²) in [6.45, 7) is -5.01. The third-order valence-electron chi connectivity index (χ3n) is 4.87. The Morgan fingerprint density at radius 3 is 2.62 bits per heavy atom. The van der Waals surface area contributed by atoms with E-state index in [1.807, 2.05) is 30.3 Å². The Morgan fingerprint density at radius 2 is 1.91 bits per heavy atom. The number of fused-ring (bicyclic) bond motifs is 1. The Kier molecular flexibility index (Phi) is 7.43. The minimum atomic E-state index is -4.94. The van der Waals surface area contributed by atoms with Crippen LogP contribution in [-0.4, -0.2) is 64.2 Å². The number of aliphatic hydroxyl groups excluding tert-OH is 1. The number of phosphoric ester groups is 1. The molecule has 17 heteroatoms. The molecule has 0 radical (unpaired) electrons. The second kappa shape index (κ2) is 10.0. The fraction of sp³-hybridized carbons (Fsp3) is 0.353. The van der Waals surface area contributed by atoms with Gasteiger partial charge in [0.2, 0.25) is 0 Å². The van der Waals surface area contributed by atoms with Gasteiger partial charge >= 0.3 is 14.5 Å². The van der Waals surface area contributed by atoms with Crippen LogP contribution in [0.3, 0.4) is 0 Å². The van der Waals surface area contributed by atoms with Crippen LogP contribution in [0, 0.1) is 0 Å². The van der Waals surface area contributed by atoms with Crippen molar-refractivity contribution >= 4 is 43.3 Å². The molecule has 1 aliphatic heterocycles. The molecule has 0 saturated carbocycles. The third-order valence-corrected chi connectivity index (χ3v) is 7.62. The quantitative estimate of drug-likeness (QED) is 0.239. The van der Waals surface area contributed by atoms with Gasteiger partial charge in [0.05, 0.1) is 19.5 Å². The SMILES string of the molecule is Nc1ncnc2c1ncn2[C@@H]1O[C@H](COP(=O)(O)OP(O)(O)=S)[C@@H](O)[C@H]1OCc1ccccc1. The smallest absolute Gasteiger partial charge is 0.387 e. The number of nitrogens with two attached hydrogens (primary N) is 1. The summed E-state index contributed by atoms with van der Waals surface area (Å²) >= 11 is 4.19. The van der Waals surface area contributed by atoms with Crippen LogP contribution in [0.15, 0.2) is 43.0 Å².